The van der Waals surface area contributed by atoms with Crippen molar-refractivity contribution in [2.45, 2.75) is 13.3 Å². The van der Waals surface area contributed by atoms with Crippen molar-refractivity contribution in [3.8, 4) is 0 Å². The Hall–Kier alpha value is -2.15. The number of carboxylic acids is 2. The molecule has 0 saturated heterocycles. The molecule has 17 heavy (non-hydrogen) atoms. The van der Waals surface area contributed by atoms with Crippen LogP contribution in [0.5, 0.6) is 0 Å². The maximum absolute atomic E-state index is 9.90. The number of nitrogens with zero attached hydrogens (tertiary/aromatic N) is 1. The molecule has 0 spiro atoms. The molecule has 5 N–H and O–H groups in total. The summed E-state index contributed by atoms with van der Waals surface area (Å²) in [5.41, 5.74) is 6.20. The van der Waals surface area contributed by atoms with Gasteiger partial charge in [-0.1, -0.05) is 0 Å². The normalized spacial score (nSPS) is 10.4. The largest absolute Gasteiger partial charge is 0.478 e. The predicted molar refractivity (Wildman–Crippen MR) is 60.4 cm³/mol. The van der Waals surface area contributed by atoms with Crippen LogP contribution in [0, 0.1) is 0 Å². The lowest BCUT2D eigenvalue weighted by atomic mass is 10.3. The third-order valence-electron chi connectivity index (χ3n) is 1.65. The molecule has 0 unspecified atom stereocenters. The third kappa shape index (κ3) is 7.74. The lowest BCUT2D eigenvalue weighted by Crippen LogP contribution is -2.02. The van der Waals surface area contributed by atoms with E-state index in [1.165, 1.54) is 6.92 Å². The lowest BCUT2D eigenvalue weighted by molar-refractivity contribution is -0.135. The van der Waals surface area contributed by atoms with E-state index in [9.17, 15) is 9.59 Å². The zero-order valence-electron chi connectivity index (χ0n) is 9.38. The van der Waals surface area contributed by atoms with Crippen LogP contribution >= 0.6 is 0 Å². The van der Waals surface area contributed by atoms with E-state index in [0.29, 0.717) is 12.6 Å². The topological polar surface area (TPSA) is 129 Å². The molecule has 0 aliphatic rings. The number of rotatable bonds is 4. The zero-order valence-corrected chi connectivity index (χ0v) is 9.38. The highest BCUT2D eigenvalue weighted by Gasteiger charge is 2.00. The molecule has 1 aromatic heterocycles. The van der Waals surface area contributed by atoms with E-state index in [0.717, 1.165) is 12.1 Å². The Balaban J connectivity index is 0.000000302. The fraction of sp³-hybridized carbons (Fsp3) is 0.300. The van der Waals surface area contributed by atoms with Crippen molar-refractivity contribution in [2.75, 3.05) is 6.54 Å². The summed E-state index contributed by atoms with van der Waals surface area (Å²) in [5.74, 6) is -2.45. The van der Waals surface area contributed by atoms with E-state index >= 15 is 0 Å². The SMILES string of the molecule is C/C(=C/C(=O)O)C(=O)O.NCCc1cnc[nH]1. The molecule has 1 aromatic rings. The van der Waals surface area contributed by atoms with Gasteiger partial charge in [0.1, 0.15) is 0 Å². The highest BCUT2D eigenvalue weighted by molar-refractivity contribution is 5.93. The molecule has 1 heterocycles. The van der Waals surface area contributed by atoms with Crippen LogP contribution in [-0.2, 0) is 16.0 Å². The highest BCUT2D eigenvalue weighted by atomic mass is 16.4. The van der Waals surface area contributed by atoms with Crippen molar-refractivity contribution in [1.82, 2.24) is 9.97 Å². The molecule has 7 nitrogen and oxygen atoms in total. The van der Waals surface area contributed by atoms with E-state index in [1.807, 2.05) is 0 Å². The van der Waals surface area contributed by atoms with Crippen molar-refractivity contribution in [2.24, 2.45) is 5.73 Å². The quantitative estimate of drug-likeness (QED) is 0.549. The molecule has 1 rings (SSSR count). The highest BCUT2D eigenvalue weighted by Crippen LogP contribution is 1.89. The molecule has 0 aliphatic heterocycles. The molecule has 7 heteroatoms. The van der Waals surface area contributed by atoms with Crippen LogP contribution in [0.3, 0.4) is 0 Å². The van der Waals surface area contributed by atoms with Gasteiger partial charge in [-0.2, -0.15) is 0 Å². The number of imidazole rings is 1. The van der Waals surface area contributed by atoms with Gasteiger partial charge in [-0.15, -0.1) is 0 Å². The summed E-state index contributed by atoms with van der Waals surface area (Å²) in [6.45, 7) is 1.90. The first kappa shape index (κ1) is 14.8. The first-order chi connectivity index (χ1) is 7.97. The van der Waals surface area contributed by atoms with Crippen LogP contribution in [0.4, 0.5) is 0 Å². The molecule has 0 atom stereocenters. The summed E-state index contributed by atoms with van der Waals surface area (Å²) < 4.78 is 0. The second kappa shape index (κ2) is 8.05. The molecule has 0 aromatic carbocycles. The third-order valence-corrected chi connectivity index (χ3v) is 1.65. The fourth-order valence-corrected chi connectivity index (χ4v) is 0.824. The van der Waals surface area contributed by atoms with Crippen molar-refractivity contribution in [3.05, 3.63) is 29.9 Å². The number of hydrogen-bond acceptors (Lipinski definition) is 4. The van der Waals surface area contributed by atoms with Gasteiger partial charge in [-0.25, -0.2) is 14.6 Å². The number of carbonyl (C=O) groups is 2. The molecule has 0 radical (unpaired) electrons. The summed E-state index contributed by atoms with van der Waals surface area (Å²) >= 11 is 0. The van der Waals surface area contributed by atoms with Crippen LogP contribution in [-0.4, -0.2) is 38.7 Å². The van der Waals surface area contributed by atoms with Crippen LogP contribution in [0.25, 0.3) is 0 Å². The van der Waals surface area contributed by atoms with Gasteiger partial charge in [0.05, 0.1) is 6.33 Å². The zero-order chi connectivity index (χ0) is 13.3. The van der Waals surface area contributed by atoms with Crippen LogP contribution < -0.4 is 5.73 Å². The van der Waals surface area contributed by atoms with Gasteiger partial charge in [0.25, 0.3) is 0 Å². The van der Waals surface area contributed by atoms with E-state index in [-0.39, 0.29) is 5.57 Å². The van der Waals surface area contributed by atoms with Gasteiger partial charge in [-0.3, -0.25) is 0 Å². The van der Waals surface area contributed by atoms with Crippen LogP contribution in [0.15, 0.2) is 24.2 Å². The molecule has 0 aliphatic carbocycles. The van der Waals surface area contributed by atoms with Crippen molar-refractivity contribution in [3.63, 3.8) is 0 Å². The van der Waals surface area contributed by atoms with E-state index in [1.54, 1.807) is 12.5 Å². The number of carboxylic acid groups (broad SMARTS) is 2. The van der Waals surface area contributed by atoms with Crippen LogP contribution in [0.1, 0.15) is 12.6 Å². The second-order valence-corrected chi connectivity index (χ2v) is 3.09. The van der Waals surface area contributed by atoms with Crippen LogP contribution in [0.2, 0.25) is 0 Å². The van der Waals surface area contributed by atoms with Gasteiger partial charge in [-0.05, 0) is 13.5 Å². The molecule has 94 valence electrons. The molecular formula is C10H15N3O4. The van der Waals surface area contributed by atoms with Gasteiger partial charge in [0, 0.05) is 30.0 Å². The Morgan fingerprint density at radius 3 is 2.47 bits per heavy atom. The minimum absolute atomic E-state index is 0.178. The minimum atomic E-state index is -1.24. The Labute approximate surface area is 98.0 Å². The Bertz CT molecular complexity index is 384. The molecule has 0 saturated carbocycles. The molecule has 0 bridgehead atoms. The standard InChI is InChI=1S/C5H9N3.C5H6O4/c6-2-1-5-3-7-4-8-5;1-3(5(8)9)2-4(6)7/h3-4H,1-2,6H2,(H,7,8);2H,1H3,(H,6,7)(H,8,9)/b;3-2-. The van der Waals surface area contributed by atoms with Crippen molar-refractivity contribution < 1.29 is 19.8 Å². The monoisotopic (exact) mass is 241 g/mol. The van der Waals surface area contributed by atoms with Gasteiger partial charge >= 0.3 is 11.9 Å². The molecular weight excluding hydrogens is 226 g/mol. The second-order valence-electron chi connectivity index (χ2n) is 3.09. The first-order valence-corrected chi connectivity index (χ1v) is 4.79. The summed E-state index contributed by atoms with van der Waals surface area (Å²) in [5, 5.41) is 16.1. The molecule has 0 amide bonds. The number of H-pyrrole nitrogens is 1. The summed E-state index contributed by atoms with van der Waals surface area (Å²) in [7, 11) is 0. The number of hydrogen-bond donors (Lipinski definition) is 4. The first-order valence-electron chi connectivity index (χ1n) is 4.79. The van der Waals surface area contributed by atoms with Gasteiger partial charge < -0.3 is 20.9 Å². The van der Waals surface area contributed by atoms with Gasteiger partial charge in [0.2, 0.25) is 0 Å². The minimum Gasteiger partial charge on any atom is -0.478 e. The average molecular weight is 241 g/mol. The average Bonchev–Trinajstić information content (AvgIpc) is 2.71. The summed E-state index contributed by atoms with van der Waals surface area (Å²) in [4.78, 5) is 26.5. The van der Waals surface area contributed by atoms with E-state index < -0.39 is 11.9 Å². The fourth-order valence-electron chi connectivity index (χ4n) is 0.824. The van der Waals surface area contributed by atoms with E-state index in [2.05, 4.69) is 9.97 Å². The number of aromatic amines is 1. The van der Waals surface area contributed by atoms with Crippen molar-refractivity contribution >= 4 is 11.9 Å². The Kier molecular flexibility index (Phi) is 7.04. The summed E-state index contributed by atoms with van der Waals surface area (Å²) in [6, 6.07) is 0. The van der Waals surface area contributed by atoms with E-state index in [4.69, 9.17) is 15.9 Å². The number of aromatic nitrogens is 2. The lowest BCUT2D eigenvalue weighted by Gasteiger charge is -1.86. The van der Waals surface area contributed by atoms with Gasteiger partial charge in [0.15, 0.2) is 0 Å². The maximum atomic E-state index is 9.90. The predicted octanol–water partition coefficient (Wildman–Crippen LogP) is 0.0128. The summed E-state index contributed by atoms with van der Waals surface area (Å²) in [6.07, 6.45) is 4.97. The number of nitrogens with two attached hydrogens (primary N) is 1. The Morgan fingerprint density at radius 1 is 1.53 bits per heavy atom. The smallest absolute Gasteiger partial charge is 0.331 e. The molecule has 0 fully saturated rings. The number of nitrogens with one attached hydrogen (secondary N) is 1. The van der Waals surface area contributed by atoms with Crippen molar-refractivity contribution in [1.29, 1.82) is 0 Å². The Morgan fingerprint density at radius 2 is 2.18 bits per heavy atom. The maximum Gasteiger partial charge on any atom is 0.331 e. The number of aliphatic carboxylic acids is 2.